The third kappa shape index (κ3) is 2.38. The van der Waals surface area contributed by atoms with Crippen LogP contribution in [-0.2, 0) is 0 Å². The van der Waals surface area contributed by atoms with E-state index in [0.717, 1.165) is 17.5 Å². The Morgan fingerprint density at radius 2 is 1.27 bits per heavy atom. The van der Waals surface area contributed by atoms with Crippen LogP contribution in [0.3, 0.4) is 0 Å². The van der Waals surface area contributed by atoms with E-state index in [-0.39, 0.29) is 0 Å². The Bertz CT molecular complexity index is 203. The van der Waals surface area contributed by atoms with E-state index in [9.17, 15) is 0 Å². The van der Waals surface area contributed by atoms with Gasteiger partial charge in [0, 0.05) is 12.1 Å². The highest BCUT2D eigenvalue weighted by Crippen LogP contribution is 2.47. The monoisotopic (exact) mass is 207 g/mol. The van der Waals surface area contributed by atoms with Gasteiger partial charge in [-0.25, -0.2) is 0 Å². The summed E-state index contributed by atoms with van der Waals surface area (Å²) in [6.45, 7) is 0. The maximum Gasteiger partial charge on any atom is 0.00708 e. The Kier molecular flexibility index (Phi) is 2.76. The minimum absolute atomic E-state index is 0.806. The molecule has 0 bridgehead atoms. The second kappa shape index (κ2) is 4.08. The largest absolute Gasteiger partial charge is 0.311 e. The minimum atomic E-state index is 0.806. The highest BCUT2D eigenvalue weighted by atomic mass is 15.0. The van der Waals surface area contributed by atoms with Gasteiger partial charge in [-0.05, 0) is 56.8 Å². The number of hydrogen-bond donors (Lipinski definition) is 1. The number of nitrogens with one attached hydrogen (secondary N) is 1. The fraction of sp³-hybridized carbons (Fsp3) is 1.00. The van der Waals surface area contributed by atoms with E-state index in [4.69, 9.17) is 0 Å². The molecule has 3 aliphatic rings. The average molecular weight is 207 g/mol. The molecule has 0 aromatic heterocycles. The van der Waals surface area contributed by atoms with E-state index in [1.807, 2.05) is 0 Å². The van der Waals surface area contributed by atoms with Crippen molar-refractivity contribution in [3.63, 3.8) is 0 Å². The lowest BCUT2D eigenvalue weighted by Gasteiger charge is -2.43. The van der Waals surface area contributed by atoms with Gasteiger partial charge < -0.3 is 5.32 Å². The summed E-state index contributed by atoms with van der Waals surface area (Å²) in [7, 11) is 0. The highest BCUT2D eigenvalue weighted by molar-refractivity contribution is 4.92. The normalized spacial score (nSPS) is 32.0. The first-order chi connectivity index (χ1) is 7.36. The Balaban J connectivity index is 1.49. The molecule has 1 spiro atoms. The molecule has 0 unspecified atom stereocenters. The van der Waals surface area contributed by atoms with E-state index in [2.05, 4.69) is 5.32 Å². The van der Waals surface area contributed by atoms with Crippen LogP contribution in [0.1, 0.15) is 70.6 Å². The summed E-state index contributed by atoms with van der Waals surface area (Å²) in [5, 5.41) is 3.81. The van der Waals surface area contributed by atoms with Crippen molar-refractivity contribution >= 4 is 0 Å². The van der Waals surface area contributed by atoms with Gasteiger partial charge in [0.15, 0.2) is 0 Å². The molecular formula is C14H25N. The van der Waals surface area contributed by atoms with Crippen LogP contribution in [-0.4, -0.2) is 12.1 Å². The summed E-state index contributed by atoms with van der Waals surface area (Å²) >= 11 is 0. The Hall–Kier alpha value is -0.0400. The molecule has 15 heavy (non-hydrogen) atoms. The third-order valence-corrected chi connectivity index (χ3v) is 5.01. The van der Waals surface area contributed by atoms with Crippen molar-refractivity contribution in [3.05, 3.63) is 0 Å². The molecule has 3 aliphatic carbocycles. The Labute approximate surface area is 94.0 Å². The van der Waals surface area contributed by atoms with Crippen molar-refractivity contribution in [2.75, 3.05) is 0 Å². The zero-order valence-electron chi connectivity index (χ0n) is 9.93. The van der Waals surface area contributed by atoms with Crippen LogP contribution in [0.2, 0.25) is 0 Å². The van der Waals surface area contributed by atoms with E-state index >= 15 is 0 Å². The van der Waals surface area contributed by atoms with Crippen LogP contribution in [0.5, 0.6) is 0 Å². The molecule has 1 N–H and O–H groups in total. The molecule has 3 saturated carbocycles. The summed E-state index contributed by atoms with van der Waals surface area (Å²) in [4.78, 5) is 0. The molecular weight excluding hydrogens is 182 g/mol. The lowest BCUT2D eigenvalue weighted by Crippen LogP contribution is -2.39. The second-order valence-corrected chi connectivity index (χ2v) is 6.28. The molecule has 1 nitrogen and oxygen atoms in total. The van der Waals surface area contributed by atoms with E-state index in [1.165, 1.54) is 57.8 Å². The lowest BCUT2D eigenvalue weighted by atomic mass is 9.64. The van der Waals surface area contributed by atoms with Gasteiger partial charge >= 0.3 is 0 Å². The minimum Gasteiger partial charge on any atom is -0.311 e. The molecule has 0 atom stereocenters. The van der Waals surface area contributed by atoms with E-state index < -0.39 is 0 Å². The third-order valence-electron chi connectivity index (χ3n) is 5.01. The Morgan fingerprint density at radius 3 is 1.87 bits per heavy atom. The quantitative estimate of drug-likeness (QED) is 0.729. The predicted octanol–water partition coefficient (Wildman–Crippen LogP) is 3.63. The van der Waals surface area contributed by atoms with Gasteiger partial charge in [-0.1, -0.05) is 19.3 Å². The van der Waals surface area contributed by atoms with Gasteiger partial charge in [0.05, 0.1) is 0 Å². The Morgan fingerprint density at radius 1 is 0.667 bits per heavy atom. The van der Waals surface area contributed by atoms with Gasteiger partial charge in [-0.3, -0.25) is 0 Å². The standard InChI is InChI=1S/C14H25N/c1-2-8-14(9-3-1)10-6-13(7-11-14)15-12-4-5-12/h12-13,15H,1-11H2. The van der Waals surface area contributed by atoms with E-state index in [0.29, 0.717) is 0 Å². The topological polar surface area (TPSA) is 12.0 Å². The first-order valence-corrected chi connectivity index (χ1v) is 7.12. The van der Waals surface area contributed by atoms with Crippen LogP contribution in [0.25, 0.3) is 0 Å². The average Bonchev–Trinajstić information content (AvgIpc) is 3.07. The van der Waals surface area contributed by atoms with Gasteiger partial charge in [-0.15, -0.1) is 0 Å². The van der Waals surface area contributed by atoms with Gasteiger partial charge in [-0.2, -0.15) is 0 Å². The van der Waals surface area contributed by atoms with Crippen LogP contribution in [0.15, 0.2) is 0 Å². The smallest absolute Gasteiger partial charge is 0.00708 e. The van der Waals surface area contributed by atoms with Crippen molar-refractivity contribution in [1.29, 1.82) is 0 Å². The second-order valence-electron chi connectivity index (χ2n) is 6.28. The summed E-state index contributed by atoms with van der Waals surface area (Å²) in [5.41, 5.74) is 0.806. The van der Waals surface area contributed by atoms with Crippen molar-refractivity contribution in [1.82, 2.24) is 5.32 Å². The number of hydrogen-bond acceptors (Lipinski definition) is 1. The zero-order valence-corrected chi connectivity index (χ0v) is 9.93. The molecule has 1 heteroatoms. The molecule has 0 aromatic carbocycles. The van der Waals surface area contributed by atoms with Gasteiger partial charge in [0.1, 0.15) is 0 Å². The summed E-state index contributed by atoms with van der Waals surface area (Å²) < 4.78 is 0. The van der Waals surface area contributed by atoms with Gasteiger partial charge in [0.25, 0.3) is 0 Å². The zero-order chi connectivity index (χ0) is 10.1. The molecule has 0 amide bonds. The van der Waals surface area contributed by atoms with Crippen LogP contribution < -0.4 is 5.32 Å². The predicted molar refractivity (Wildman–Crippen MR) is 63.9 cm³/mol. The summed E-state index contributed by atoms with van der Waals surface area (Å²) in [6, 6.07) is 1.79. The first-order valence-electron chi connectivity index (χ1n) is 7.12. The van der Waals surface area contributed by atoms with Crippen molar-refractivity contribution in [3.8, 4) is 0 Å². The summed E-state index contributed by atoms with van der Waals surface area (Å²) in [6.07, 6.45) is 16.5. The first kappa shape index (κ1) is 10.1. The molecule has 0 saturated heterocycles. The lowest BCUT2D eigenvalue weighted by molar-refractivity contribution is 0.107. The summed E-state index contributed by atoms with van der Waals surface area (Å²) in [5.74, 6) is 0. The highest BCUT2D eigenvalue weighted by Gasteiger charge is 2.37. The maximum absolute atomic E-state index is 3.81. The SMILES string of the molecule is C1CCC2(CC1)CCC(NC1CC1)CC2. The fourth-order valence-electron chi connectivity index (χ4n) is 3.78. The molecule has 0 radical (unpaired) electrons. The van der Waals surface area contributed by atoms with Crippen molar-refractivity contribution in [2.45, 2.75) is 82.7 Å². The van der Waals surface area contributed by atoms with Gasteiger partial charge in [0.2, 0.25) is 0 Å². The molecule has 0 aliphatic heterocycles. The van der Waals surface area contributed by atoms with Crippen LogP contribution in [0.4, 0.5) is 0 Å². The van der Waals surface area contributed by atoms with Crippen LogP contribution in [0, 0.1) is 5.41 Å². The molecule has 3 rings (SSSR count). The molecule has 3 fully saturated rings. The van der Waals surface area contributed by atoms with E-state index in [1.54, 1.807) is 12.8 Å². The maximum atomic E-state index is 3.81. The van der Waals surface area contributed by atoms with Crippen molar-refractivity contribution < 1.29 is 0 Å². The number of rotatable bonds is 2. The fourth-order valence-corrected chi connectivity index (χ4v) is 3.78. The molecule has 86 valence electrons. The van der Waals surface area contributed by atoms with Crippen molar-refractivity contribution in [2.24, 2.45) is 5.41 Å². The van der Waals surface area contributed by atoms with Crippen LogP contribution >= 0.6 is 0 Å². The molecule has 0 heterocycles. The molecule has 0 aromatic rings.